The number of piperidine rings is 1. The third-order valence-electron chi connectivity index (χ3n) is 8.93. The second kappa shape index (κ2) is 11.2. The van der Waals surface area contributed by atoms with Gasteiger partial charge in [-0.25, -0.2) is 4.98 Å². The fraction of sp³-hybridized carbons (Fsp3) is 0.364. The summed E-state index contributed by atoms with van der Waals surface area (Å²) >= 11 is 0. The molecule has 11 heteroatoms. The number of aromatic nitrogens is 1. The van der Waals surface area contributed by atoms with Crippen molar-refractivity contribution in [1.29, 1.82) is 5.26 Å². The van der Waals surface area contributed by atoms with Crippen molar-refractivity contribution in [2.75, 3.05) is 31.1 Å². The molecule has 3 aliphatic rings. The molecule has 8 nitrogen and oxygen atoms in total. The molecule has 1 aromatic heterocycles. The summed E-state index contributed by atoms with van der Waals surface area (Å²) in [5.74, 6) is 0.498. The average molecular weight is 602 g/mol. The highest BCUT2D eigenvalue weighted by atomic mass is 19.4. The fourth-order valence-corrected chi connectivity index (χ4v) is 6.59. The summed E-state index contributed by atoms with van der Waals surface area (Å²) < 4.78 is 50.8. The molecule has 2 bridgehead atoms. The van der Waals surface area contributed by atoms with Gasteiger partial charge in [-0.2, -0.15) is 18.4 Å². The van der Waals surface area contributed by atoms with Crippen molar-refractivity contribution in [2.45, 2.75) is 50.2 Å². The first-order chi connectivity index (χ1) is 21.2. The van der Waals surface area contributed by atoms with Crippen LogP contribution < -0.4 is 9.64 Å². The number of ether oxygens (including phenoxy) is 1. The second-order valence-corrected chi connectivity index (χ2v) is 11.7. The van der Waals surface area contributed by atoms with Gasteiger partial charge in [0.25, 0.3) is 5.89 Å². The van der Waals surface area contributed by atoms with Crippen LogP contribution in [0.15, 0.2) is 71.1 Å². The van der Waals surface area contributed by atoms with Crippen LogP contribution in [0.2, 0.25) is 0 Å². The van der Waals surface area contributed by atoms with Crippen LogP contribution in [0.4, 0.5) is 18.9 Å². The number of carbonyl (C=O) groups excluding carboxylic acids is 1. The molecule has 7 rings (SSSR count). The zero-order valence-corrected chi connectivity index (χ0v) is 23.8. The number of rotatable bonds is 6. The van der Waals surface area contributed by atoms with Gasteiger partial charge in [0.05, 0.1) is 17.2 Å². The Morgan fingerprint density at radius 3 is 2.41 bits per heavy atom. The highest BCUT2D eigenvalue weighted by Crippen LogP contribution is 2.34. The Morgan fingerprint density at radius 1 is 1.00 bits per heavy atom. The van der Waals surface area contributed by atoms with E-state index in [4.69, 9.17) is 14.4 Å². The fourth-order valence-electron chi connectivity index (χ4n) is 6.59. The summed E-state index contributed by atoms with van der Waals surface area (Å²) in [7, 11) is 0. The van der Waals surface area contributed by atoms with E-state index in [9.17, 15) is 18.0 Å². The molecule has 4 heterocycles. The number of nitrogens with zero attached hydrogens (tertiary/aromatic N) is 5. The Labute approximate surface area is 252 Å². The molecule has 3 saturated heterocycles. The molecule has 3 aromatic carbocycles. The Morgan fingerprint density at radius 2 is 1.75 bits per heavy atom. The van der Waals surface area contributed by atoms with Crippen molar-refractivity contribution in [3.63, 3.8) is 0 Å². The Kier molecular flexibility index (Phi) is 7.17. The number of hydrogen-bond acceptors (Lipinski definition) is 7. The van der Waals surface area contributed by atoms with Gasteiger partial charge < -0.3 is 19.0 Å². The molecule has 3 fully saturated rings. The normalized spacial score (nSPS) is 20.8. The maximum atomic E-state index is 13.4. The molecule has 0 N–H and O–H groups in total. The number of benzene rings is 3. The Balaban J connectivity index is 0.938. The number of carbonyl (C=O) groups is 1. The number of halogens is 3. The van der Waals surface area contributed by atoms with E-state index in [0.29, 0.717) is 42.0 Å². The quantitative estimate of drug-likeness (QED) is 0.274. The van der Waals surface area contributed by atoms with Gasteiger partial charge in [-0.3, -0.25) is 9.69 Å². The molecule has 0 radical (unpaired) electrons. The molecular formula is C33H30F3N5O3. The summed E-state index contributed by atoms with van der Waals surface area (Å²) in [5.41, 5.74) is 2.98. The monoisotopic (exact) mass is 601 g/mol. The molecule has 2 atom stereocenters. The molecule has 0 aliphatic carbocycles. The van der Waals surface area contributed by atoms with Crippen molar-refractivity contribution in [2.24, 2.45) is 0 Å². The van der Waals surface area contributed by atoms with E-state index in [1.54, 1.807) is 12.1 Å². The molecule has 44 heavy (non-hydrogen) atoms. The second-order valence-electron chi connectivity index (χ2n) is 11.7. The van der Waals surface area contributed by atoms with E-state index in [-0.39, 0.29) is 30.0 Å². The highest BCUT2D eigenvalue weighted by molar-refractivity contribution is 5.93. The summed E-state index contributed by atoms with van der Waals surface area (Å²) in [6.45, 7) is 3.53. The van der Waals surface area contributed by atoms with Gasteiger partial charge in [0.2, 0.25) is 0 Å². The molecule has 1 amide bonds. The molecule has 226 valence electrons. The third-order valence-corrected chi connectivity index (χ3v) is 8.93. The number of oxazole rings is 1. The van der Waals surface area contributed by atoms with Gasteiger partial charge in [0.1, 0.15) is 17.4 Å². The molecular weight excluding hydrogens is 571 g/mol. The number of amides is 1. The number of fused-ring (bicyclic) bond motifs is 3. The predicted molar refractivity (Wildman–Crippen MR) is 156 cm³/mol. The van der Waals surface area contributed by atoms with Crippen molar-refractivity contribution in [3.05, 3.63) is 89.3 Å². The third kappa shape index (κ3) is 5.57. The molecule has 3 aliphatic heterocycles. The first-order valence-electron chi connectivity index (χ1n) is 14.8. The van der Waals surface area contributed by atoms with Crippen LogP contribution in [0, 0.1) is 11.3 Å². The van der Waals surface area contributed by atoms with Gasteiger partial charge in [0.15, 0.2) is 5.58 Å². The average Bonchev–Trinajstić information content (AvgIpc) is 3.76. The van der Waals surface area contributed by atoms with Gasteiger partial charge in [-0.15, -0.1) is 0 Å². The van der Waals surface area contributed by atoms with Crippen molar-refractivity contribution >= 4 is 22.7 Å². The topological polar surface area (TPSA) is 85.8 Å². The standard InChI is InChI=1S/C33H30F3N5O3/c34-33(35,36)23-5-7-24(8-6-23)39-13-11-27(12-14-39)43-28-9-10-29-30(16-28)44-31(38-29)32(42)41-20-25-15-26(41)19-40(25)18-22-3-1-21(17-37)2-4-22/h1-10,16,25-27H,11-15,18-20H2. The lowest BCUT2D eigenvalue weighted by Crippen LogP contribution is -2.48. The molecule has 0 saturated carbocycles. The molecule has 2 unspecified atom stereocenters. The van der Waals surface area contributed by atoms with Crippen LogP contribution >= 0.6 is 0 Å². The number of likely N-dealkylation sites (tertiary alicyclic amines) is 2. The number of piperazine rings is 1. The summed E-state index contributed by atoms with van der Waals surface area (Å²) in [6, 6.07) is 20.8. The van der Waals surface area contributed by atoms with Crippen LogP contribution in [0.25, 0.3) is 11.1 Å². The van der Waals surface area contributed by atoms with Crippen LogP contribution in [0.1, 0.15) is 46.6 Å². The van der Waals surface area contributed by atoms with E-state index in [2.05, 4.69) is 20.9 Å². The van der Waals surface area contributed by atoms with Crippen LogP contribution in [-0.4, -0.2) is 65.1 Å². The van der Waals surface area contributed by atoms with E-state index in [1.165, 1.54) is 12.1 Å². The highest BCUT2D eigenvalue weighted by Gasteiger charge is 2.46. The molecule has 4 aromatic rings. The summed E-state index contributed by atoms with van der Waals surface area (Å²) in [4.78, 5) is 24.2. The Hall–Kier alpha value is -4.56. The first kappa shape index (κ1) is 28.2. The van der Waals surface area contributed by atoms with Crippen molar-refractivity contribution in [3.8, 4) is 11.8 Å². The van der Waals surface area contributed by atoms with E-state index < -0.39 is 11.7 Å². The minimum Gasteiger partial charge on any atom is -0.490 e. The Bertz CT molecular complexity index is 1710. The predicted octanol–water partition coefficient (Wildman–Crippen LogP) is 5.86. The largest absolute Gasteiger partial charge is 0.490 e. The van der Waals surface area contributed by atoms with Gasteiger partial charge in [0, 0.05) is 69.4 Å². The minimum atomic E-state index is -4.34. The zero-order valence-electron chi connectivity index (χ0n) is 23.8. The number of alkyl halides is 3. The van der Waals surface area contributed by atoms with Crippen molar-refractivity contribution in [1.82, 2.24) is 14.8 Å². The number of anilines is 1. The smallest absolute Gasteiger partial charge is 0.416 e. The van der Waals surface area contributed by atoms with Crippen molar-refractivity contribution < 1.29 is 27.1 Å². The lowest BCUT2D eigenvalue weighted by molar-refractivity contribution is -0.137. The van der Waals surface area contributed by atoms with E-state index >= 15 is 0 Å². The number of nitriles is 1. The van der Waals surface area contributed by atoms with Gasteiger partial charge in [-0.1, -0.05) is 12.1 Å². The molecule has 0 spiro atoms. The van der Waals surface area contributed by atoms with Crippen LogP contribution in [0.3, 0.4) is 0 Å². The van der Waals surface area contributed by atoms with E-state index in [1.807, 2.05) is 35.2 Å². The van der Waals surface area contributed by atoms with Crippen LogP contribution in [-0.2, 0) is 12.7 Å². The first-order valence-corrected chi connectivity index (χ1v) is 14.8. The van der Waals surface area contributed by atoms with Gasteiger partial charge >= 0.3 is 12.1 Å². The van der Waals surface area contributed by atoms with Gasteiger partial charge in [-0.05, 0) is 60.5 Å². The number of hydrogen-bond donors (Lipinski definition) is 0. The zero-order chi connectivity index (χ0) is 30.4. The SMILES string of the molecule is N#Cc1ccc(CN2CC3CC2CN3C(=O)c2nc3ccc(OC4CCN(c5ccc(C(F)(F)F)cc5)CC4)cc3o2)cc1. The summed E-state index contributed by atoms with van der Waals surface area (Å²) in [6.07, 6.45) is -2.03. The maximum absolute atomic E-state index is 13.4. The maximum Gasteiger partial charge on any atom is 0.416 e. The summed E-state index contributed by atoms with van der Waals surface area (Å²) in [5, 5.41) is 9.02. The lowest BCUT2D eigenvalue weighted by atomic mass is 10.1. The minimum absolute atomic E-state index is 0.0467. The van der Waals surface area contributed by atoms with E-state index in [0.717, 1.165) is 55.7 Å². The lowest BCUT2D eigenvalue weighted by Gasteiger charge is -2.33. The van der Waals surface area contributed by atoms with Crippen LogP contribution in [0.5, 0.6) is 5.75 Å².